The average Bonchev–Trinajstić information content (AvgIpc) is 2.43. The number of thioether (sulfide) groups is 1. The Hall–Kier alpha value is -1.57. The van der Waals surface area contributed by atoms with E-state index in [-0.39, 0.29) is 29.2 Å². The minimum Gasteiger partial charge on any atom is -0.368 e. The first-order valence-corrected chi connectivity index (χ1v) is 8.79. The first kappa shape index (κ1) is 19.5. The lowest BCUT2D eigenvalue weighted by Crippen LogP contribution is -2.45. The van der Waals surface area contributed by atoms with Crippen molar-refractivity contribution in [2.45, 2.75) is 57.7 Å². The topological polar surface area (TPSA) is 88.2 Å². The van der Waals surface area contributed by atoms with Crippen LogP contribution in [0.25, 0.3) is 0 Å². The summed E-state index contributed by atoms with van der Waals surface area (Å²) in [5.74, 6) is 1.97. The molecule has 1 aromatic rings. The van der Waals surface area contributed by atoms with E-state index in [9.17, 15) is 4.79 Å². The number of nitrogen functional groups attached to an aromatic ring is 1. The van der Waals surface area contributed by atoms with Crippen LogP contribution in [0.1, 0.15) is 40.4 Å². The fraction of sp³-hybridized carbons (Fsp3) is 0.733. The third-order valence-electron chi connectivity index (χ3n) is 3.26. The van der Waals surface area contributed by atoms with Crippen molar-refractivity contribution in [2.75, 3.05) is 24.7 Å². The molecule has 1 amide bonds. The molecule has 7 nitrogen and oxygen atoms in total. The fourth-order valence-corrected chi connectivity index (χ4v) is 3.07. The third kappa shape index (κ3) is 5.53. The van der Waals surface area contributed by atoms with Crippen LogP contribution in [0.3, 0.4) is 0 Å². The molecule has 23 heavy (non-hydrogen) atoms. The SMILES string of the molecule is CC(SCc1nc(N)nc(N(C)C)n1)C(=O)N(C(C)C)C(C)C. The molecular weight excluding hydrogens is 312 g/mol. The number of amides is 1. The van der Waals surface area contributed by atoms with Gasteiger partial charge in [-0.15, -0.1) is 11.8 Å². The summed E-state index contributed by atoms with van der Waals surface area (Å²) in [5.41, 5.74) is 5.72. The van der Waals surface area contributed by atoms with E-state index in [1.165, 1.54) is 11.8 Å². The summed E-state index contributed by atoms with van der Waals surface area (Å²) in [7, 11) is 3.70. The van der Waals surface area contributed by atoms with E-state index in [1.54, 1.807) is 4.90 Å². The highest BCUT2D eigenvalue weighted by Crippen LogP contribution is 2.21. The molecule has 2 N–H and O–H groups in total. The Morgan fingerprint density at radius 1 is 1.09 bits per heavy atom. The molecule has 8 heteroatoms. The number of hydrogen-bond acceptors (Lipinski definition) is 7. The normalized spacial score (nSPS) is 12.6. The van der Waals surface area contributed by atoms with E-state index in [2.05, 4.69) is 15.0 Å². The fourth-order valence-electron chi connectivity index (χ4n) is 2.28. The van der Waals surface area contributed by atoms with E-state index in [0.29, 0.717) is 17.5 Å². The van der Waals surface area contributed by atoms with Crippen LogP contribution in [-0.2, 0) is 10.5 Å². The van der Waals surface area contributed by atoms with Crippen molar-refractivity contribution in [1.29, 1.82) is 0 Å². The van der Waals surface area contributed by atoms with Gasteiger partial charge in [-0.25, -0.2) is 0 Å². The van der Waals surface area contributed by atoms with Gasteiger partial charge >= 0.3 is 0 Å². The Bertz CT molecular complexity index is 527. The van der Waals surface area contributed by atoms with Gasteiger partial charge in [-0.1, -0.05) is 0 Å². The minimum absolute atomic E-state index is 0.134. The van der Waals surface area contributed by atoms with Crippen LogP contribution in [0.2, 0.25) is 0 Å². The lowest BCUT2D eigenvalue weighted by Gasteiger charge is -2.32. The number of carbonyl (C=O) groups is 1. The summed E-state index contributed by atoms with van der Waals surface area (Å²) >= 11 is 1.51. The molecular formula is C15H28N6OS. The Morgan fingerprint density at radius 2 is 1.65 bits per heavy atom. The average molecular weight is 340 g/mol. The van der Waals surface area contributed by atoms with Crippen LogP contribution < -0.4 is 10.6 Å². The number of anilines is 2. The van der Waals surface area contributed by atoms with Gasteiger partial charge in [-0.3, -0.25) is 4.79 Å². The maximum atomic E-state index is 12.6. The molecule has 0 aliphatic rings. The zero-order valence-corrected chi connectivity index (χ0v) is 15.9. The van der Waals surface area contributed by atoms with Crippen LogP contribution in [0, 0.1) is 0 Å². The van der Waals surface area contributed by atoms with Gasteiger partial charge in [0.05, 0.1) is 11.0 Å². The van der Waals surface area contributed by atoms with Gasteiger partial charge < -0.3 is 15.5 Å². The number of rotatable bonds is 7. The van der Waals surface area contributed by atoms with E-state index in [1.807, 2.05) is 53.6 Å². The van der Waals surface area contributed by atoms with Crippen LogP contribution in [-0.4, -0.2) is 57.2 Å². The zero-order chi connectivity index (χ0) is 17.7. The van der Waals surface area contributed by atoms with Crippen LogP contribution in [0.5, 0.6) is 0 Å². The molecule has 0 spiro atoms. The van der Waals surface area contributed by atoms with Gasteiger partial charge in [0.25, 0.3) is 0 Å². The molecule has 0 radical (unpaired) electrons. The standard InChI is InChI=1S/C15H28N6OS/c1-9(2)21(10(3)4)13(22)11(5)23-8-12-17-14(16)19-15(18-12)20(6)7/h9-11H,8H2,1-7H3,(H2,16,17,18,19). The number of carbonyl (C=O) groups excluding carboxylic acids is 1. The predicted molar refractivity (Wildman–Crippen MR) is 96.4 cm³/mol. The molecule has 0 fully saturated rings. The maximum Gasteiger partial charge on any atom is 0.235 e. The lowest BCUT2D eigenvalue weighted by molar-refractivity contribution is -0.133. The van der Waals surface area contributed by atoms with E-state index in [4.69, 9.17) is 5.73 Å². The van der Waals surface area contributed by atoms with Crippen molar-refractivity contribution >= 4 is 29.6 Å². The largest absolute Gasteiger partial charge is 0.368 e. The summed E-state index contributed by atoms with van der Waals surface area (Å²) in [4.78, 5) is 28.9. The first-order chi connectivity index (χ1) is 10.6. The second-order valence-corrected chi connectivity index (χ2v) is 7.52. The van der Waals surface area contributed by atoms with Gasteiger partial charge in [0.1, 0.15) is 5.82 Å². The van der Waals surface area contributed by atoms with Gasteiger partial charge in [-0.05, 0) is 34.6 Å². The quantitative estimate of drug-likeness (QED) is 0.809. The summed E-state index contributed by atoms with van der Waals surface area (Å²) in [6.07, 6.45) is 0. The van der Waals surface area contributed by atoms with Crippen molar-refractivity contribution < 1.29 is 4.79 Å². The third-order valence-corrected chi connectivity index (χ3v) is 4.39. The summed E-state index contributed by atoms with van der Waals surface area (Å²) < 4.78 is 0. The van der Waals surface area contributed by atoms with Crippen LogP contribution in [0.15, 0.2) is 0 Å². The van der Waals surface area contributed by atoms with E-state index < -0.39 is 0 Å². The predicted octanol–water partition coefficient (Wildman–Crippen LogP) is 1.79. The second kappa shape index (κ2) is 8.33. The van der Waals surface area contributed by atoms with E-state index in [0.717, 1.165) is 0 Å². The Balaban J connectivity index is 2.76. The highest BCUT2D eigenvalue weighted by atomic mass is 32.2. The number of aromatic nitrogens is 3. The molecule has 0 aliphatic carbocycles. The van der Waals surface area contributed by atoms with Gasteiger partial charge in [0.15, 0.2) is 0 Å². The van der Waals surface area contributed by atoms with Crippen molar-refractivity contribution in [3.8, 4) is 0 Å². The highest BCUT2D eigenvalue weighted by molar-refractivity contribution is 7.99. The molecule has 0 aromatic carbocycles. The number of nitrogens with two attached hydrogens (primary N) is 1. The molecule has 0 saturated heterocycles. The van der Waals surface area contributed by atoms with Gasteiger partial charge in [0.2, 0.25) is 17.8 Å². The van der Waals surface area contributed by atoms with Gasteiger partial charge in [0, 0.05) is 26.2 Å². The van der Waals surface area contributed by atoms with Crippen molar-refractivity contribution in [3.05, 3.63) is 5.82 Å². The summed E-state index contributed by atoms with van der Waals surface area (Å²) in [5, 5.41) is -0.166. The molecule has 130 valence electrons. The smallest absolute Gasteiger partial charge is 0.235 e. The molecule has 1 unspecified atom stereocenters. The monoisotopic (exact) mass is 340 g/mol. The van der Waals surface area contributed by atoms with Crippen LogP contribution >= 0.6 is 11.8 Å². The lowest BCUT2D eigenvalue weighted by atomic mass is 10.2. The zero-order valence-electron chi connectivity index (χ0n) is 15.1. The Morgan fingerprint density at radius 3 is 2.13 bits per heavy atom. The number of hydrogen-bond donors (Lipinski definition) is 1. The number of nitrogens with zero attached hydrogens (tertiary/aromatic N) is 5. The van der Waals surface area contributed by atoms with Crippen LogP contribution in [0.4, 0.5) is 11.9 Å². The summed E-state index contributed by atoms with van der Waals surface area (Å²) in [6, 6.07) is 0.359. The molecule has 0 saturated carbocycles. The molecule has 1 aromatic heterocycles. The molecule has 1 heterocycles. The van der Waals surface area contributed by atoms with E-state index >= 15 is 0 Å². The molecule has 0 bridgehead atoms. The highest BCUT2D eigenvalue weighted by Gasteiger charge is 2.25. The Kier molecular flexibility index (Phi) is 7.05. The molecule has 1 rings (SSSR count). The van der Waals surface area contributed by atoms with Crippen molar-refractivity contribution in [2.24, 2.45) is 0 Å². The molecule has 0 aliphatic heterocycles. The first-order valence-electron chi connectivity index (χ1n) is 7.75. The Labute approximate surface area is 143 Å². The maximum absolute atomic E-state index is 12.6. The van der Waals surface area contributed by atoms with Crippen molar-refractivity contribution in [3.63, 3.8) is 0 Å². The summed E-state index contributed by atoms with van der Waals surface area (Å²) in [6.45, 7) is 10.1. The van der Waals surface area contributed by atoms with Crippen molar-refractivity contribution in [1.82, 2.24) is 19.9 Å². The van der Waals surface area contributed by atoms with Gasteiger partial charge in [-0.2, -0.15) is 15.0 Å². The second-order valence-electron chi connectivity index (χ2n) is 6.19. The molecule has 1 atom stereocenters. The minimum atomic E-state index is -0.166.